The molecule has 1 aromatic carbocycles. The number of carbonyl (C=O) groups excluding carboxylic acids is 1. The van der Waals surface area contributed by atoms with Crippen molar-refractivity contribution in [3.05, 3.63) is 48.2 Å². The maximum absolute atomic E-state index is 12.5. The van der Waals surface area contributed by atoms with Gasteiger partial charge in [-0.1, -0.05) is 0 Å². The first-order valence-electron chi connectivity index (χ1n) is 6.72. The number of halogens is 3. The molecule has 0 radical (unpaired) electrons. The van der Waals surface area contributed by atoms with Crippen molar-refractivity contribution in [3.63, 3.8) is 0 Å². The molecule has 0 saturated heterocycles. The van der Waals surface area contributed by atoms with E-state index in [0.29, 0.717) is 17.2 Å². The summed E-state index contributed by atoms with van der Waals surface area (Å²) in [5, 5.41) is 5.35. The number of benzene rings is 1. The highest BCUT2D eigenvalue weighted by molar-refractivity contribution is 5.84. The van der Waals surface area contributed by atoms with E-state index in [-0.39, 0.29) is 6.61 Å². The lowest BCUT2D eigenvalue weighted by Gasteiger charge is -2.10. The lowest BCUT2D eigenvalue weighted by molar-refractivity contribution is -0.137. The minimum absolute atomic E-state index is 0.257. The molecule has 8 heteroatoms. The lowest BCUT2D eigenvalue weighted by atomic mass is 10.2. The van der Waals surface area contributed by atoms with E-state index >= 15 is 0 Å². The van der Waals surface area contributed by atoms with Crippen LogP contribution in [0.4, 0.5) is 35.2 Å². The second-order valence-electron chi connectivity index (χ2n) is 4.48. The SMILES string of the molecule is CCOC(=O)Nc1ccc(Nc2ccc(C(F)(F)F)cc2)nc1. The quantitative estimate of drug-likeness (QED) is 0.874. The van der Waals surface area contributed by atoms with Crippen LogP contribution in [0.15, 0.2) is 42.6 Å². The van der Waals surface area contributed by atoms with Crippen molar-refractivity contribution >= 4 is 23.3 Å². The number of anilines is 3. The summed E-state index contributed by atoms with van der Waals surface area (Å²) in [7, 11) is 0. The summed E-state index contributed by atoms with van der Waals surface area (Å²) in [6.07, 6.45) is -3.54. The van der Waals surface area contributed by atoms with Crippen LogP contribution in [-0.2, 0) is 10.9 Å². The number of alkyl halides is 3. The highest BCUT2D eigenvalue weighted by Crippen LogP contribution is 2.30. The Hall–Kier alpha value is -2.77. The molecule has 122 valence electrons. The molecule has 1 amide bonds. The fourth-order valence-electron chi connectivity index (χ4n) is 1.72. The predicted molar refractivity (Wildman–Crippen MR) is 79.6 cm³/mol. The molecule has 0 aliphatic heterocycles. The minimum Gasteiger partial charge on any atom is -0.450 e. The standard InChI is InChI=1S/C15H14F3N3O2/c1-2-23-14(22)21-12-7-8-13(19-9-12)20-11-5-3-10(4-6-11)15(16,17)18/h3-9H,2H2,1H3,(H,19,20)(H,21,22). The van der Waals surface area contributed by atoms with Gasteiger partial charge < -0.3 is 10.1 Å². The second kappa shape index (κ2) is 6.99. The van der Waals surface area contributed by atoms with E-state index in [1.165, 1.54) is 18.3 Å². The van der Waals surface area contributed by atoms with Crippen LogP contribution in [-0.4, -0.2) is 17.7 Å². The number of hydrogen-bond donors (Lipinski definition) is 2. The Bertz CT molecular complexity index is 655. The van der Waals surface area contributed by atoms with Crippen molar-refractivity contribution < 1.29 is 22.7 Å². The first-order chi connectivity index (χ1) is 10.9. The highest BCUT2D eigenvalue weighted by atomic mass is 19.4. The summed E-state index contributed by atoms with van der Waals surface area (Å²) in [6, 6.07) is 7.78. The fourth-order valence-corrected chi connectivity index (χ4v) is 1.72. The van der Waals surface area contributed by atoms with E-state index in [2.05, 4.69) is 15.6 Å². The first kappa shape index (κ1) is 16.6. The van der Waals surface area contributed by atoms with Crippen LogP contribution in [0.25, 0.3) is 0 Å². The monoisotopic (exact) mass is 325 g/mol. The summed E-state index contributed by atoms with van der Waals surface area (Å²) in [5.41, 5.74) is 0.197. The maximum Gasteiger partial charge on any atom is 0.416 e. The zero-order valence-electron chi connectivity index (χ0n) is 12.1. The van der Waals surface area contributed by atoms with Crippen LogP contribution >= 0.6 is 0 Å². The summed E-state index contributed by atoms with van der Waals surface area (Å²) in [4.78, 5) is 15.3. The molecule has 23 heavy (non-hydrogen) atoms. The first-order valence-corrected chi connectivity index (χ1v) is 6.72. The van der Waals surface area contributed by atoms with Gasteiger partial charge in [0.15, 0.2) is 0 Å². The Morgan fingerprint density at radius 2 is 1.78 bits per heavy atom. The van der Waals surface area contributed by atoms with Gasteiger partial charge in [0, 0.05) is 5.69 Å². The molecule has 2 aromatic rings. The summed E-state index contributed by atoms with van der Waals surface area (Å²) in [6.45, 7) is 1.95. The van der Waals surface area contributed by atoms with Gasteiger partial charge in [0.25, 0.3) is 0 Å². The van der Waals surface area contributed by atoms with Gasteiger partial charge in [0.2, 0.25) is 0 Å². The molecule has 0 aliphatic rings. The van der Waals surface area contributed by atoms with Crippen LogP contribution in [0, 0.1) is 0 Å². The average Bonchev–Trinajstić information content (AvgIpc) is 2.49. The molecular weight excluding hydrogens is 311 g/mol. The molecule has 0 atom stereocenters. The summed E-state index contributed by atoms with van der Waals surface area (Å²) < 4.78 is 42.1. The van der Waals surface area contributed by atoms with Gasteiger partial charge in [-0.25, -0.2) is 9.78 Å². The van der Waals surface area contributed by atoms with Gasteiger partial charge in [-0.3, -0.25) is 5.32 Å². The van der Waals surface area contributed by atoms with Crippen molar-refractivity contribution in [3.8, 4) is 0 Å². The average molecular weight is 325 g/mol. The molecule has 0 spiro atoms. The normalized spacial score (nSPS) is 11.0. The Morgan fingerprint density at radius 3 is 2.30 bits per heavy atom. The zero-order valence-corrected chi connectivity index (χ0v) is 12.1. The number of nitrogens with one attached hydrogen (secondary N) is 2. The molecule has 0 aliphatic carbocycles. The Morgan fingerprint density at radius 1 is 1.13 bits per heavy atom. The Labute approximate surface area is 130 Å². The molecule has 1 heterocycles. The zero-order chi connectivity index (χ0) is 16.9. The molecule has 1 aromatic heterocycles. The van der Waals surface area contributed by atoms with Gasteiger partial charge in [-0.15, -0.1) is 0 Å². The molecule has 5 nitrogen and oxygen atoms in total. The van der Waals surface area contributed by atoms with E-state index in [9.17, 15) is 18.0 Å². The molecule has 2 N–H and O–H groups in total. The largest absolute Gasteiger partial charge is 0.450 e. The van der Waals surface area contributed by atoms with Gasteiger partial charge in [-0.2, -0.15) is 13.2 Å². The Balaban J connectivity index is 1.99. The van der Waals surface area contributed by atoms with Crippen LogP contribution in [0.3, 0.4) is 0 Å². The third-order valence-corrected chi connectivity index (χ3v) is 2.77. The Kier molecular flexibility index (Phi) is 5.05. The molecule has 0 bridgehead atoms. The molecule has 0 unspecified atom stereocenters. The van der Waals surface area contributed by atoms with Gasteiger partial charge >= 0.3 is 12.3 Å². The predicted octanol–water partition coefficient (Wildman–Crippen LogP) is 4.41. The summed E-state index contributed by atoms with van der Waals surface area (Å²) in [5.74, 6) is 0.430. The number of hydrogen-bond acceptors (Lipinski definition) is 4. The topological polar surface area (TPSA) is 63.2 Å². The number of amides is 1. The van der Waals surface area contributed by atoms with E-state index < -0.39 is 17.8 Å². The van der Waals surface area contributed by atoms with E-state index in [1.54, 1.807) is 19.1 Å². The van der Waals surface area contributed by atoms with E-state index in [0.717, 1.165) is 12.1 Å². The molecular formula is C15H14F3N3O2. The number of carbonyl (C=O) groups is 1. The third-order valence-electron chi connectivity index (χ3n) is 2.77. The van der Waals surface area contributed by atoms with E-state index in [1.807, 2.05) is 0 Å². The van der Waals surface area contributed by atoms with Gasteiger partial charge in [0.1, 0.15) is 5.82 Å². The molecule has 0 fully saturated rings. The highest BCUT2D eigenvalue weighted by Gasteiger charge is 2.29. The maximum atomic E-state index is 12.5. The van der Waals surface area contributed by atoms with Crippen molar-refractivity contribution in [2.45, 2.75) is 13.1 Å². The minimum atomic E-state index is -4.36. The number of nitrogens with zero attached hydrogens (tertiary/aromatic N) is 1. The lowest BCUT2D eigenvalue weighted by Crippen LogP contribution is -2.13. The fraction of sp³-hybridized carbons (Fsp3) is 0.200. The van der Waals surface area contributed by atoms with Gasteiger partial charge in [-0.05, 0) is 43.3 Å². The van der Waals surface area contributed by atoms with Crippen LogP contribution in [0.5, 0.6) is 0 Å². The number of pyridine rings is 1. The van der Waals surface area contributed by atoms with Gasteiger partial charge in [0.05, 0.1) is 24.1 Å². The summed E-state index contributed by atoms with van der Waals surface area (Å²) >= 11 is 0. The van der Waals surface area contributed by atoms with Crippen molar-refractivity contribution in [1.82, 2.24) is 4.98 Å². The smallest absolute Gasteiger partial charge is 0.416 e. The molecule has 0 saturated carbocycles. The van der Waals surface area contributed by atoms with Crippen molar-refractivity contribution in [2.75, 3.05) is 17.2 Å². The van der Waals surface area contributed by atoms with Crippen molar-refractivity contribution in [1.29, 1.82) is 0 Å². The van der Waals surface area contributed by atoms with Crippen LogP contribution in [0.1, 0.15) is 12.5 Å². The van der Waals surface area contributed by atoms with E-state index in [4.69, 9.17) is 4.74 Å². The van der Waals surface area contributed by atoms with Crippen LogP contribution in [0.2, 0.25) is 0 Å². The molecule has 2 rings (SSSR count). The number of rotatable bonds is 4. The third kappa shape index (κ3) is 4.87. The van der Waals surface area contributed by atoms with Crippen LogP contribution < -0.4 is 10.6 Å². The second-order valence-corrected chi connectivity index (χ2v) is 4.48. The van der Waals surface area contributed by atoms with Crippen molar-refractivity contribution in [2.24, 2.45) is 0 Å². The number of ether oxygens (including phenoxy) is 1. The number of aromatic nitrogens is 1.